The highest BCUT2D eigenvalue weighted by atomic mass is 16.3. The molecule has 0 spiro atoms. The van der Waals surface area contributed by atoms with Crippen LogP contribution in [0.15, 0.2) is 199 Å². The molecular weight excluding hydrogens is 645 g/mol. The van der Waals surface area contributed by atoms with Gasteiger partial charge in [0.25, 0.3) is 0 Å². The molecule has 11 aromatic rings. The Hall–Kier alpha value is -7.10. The second kappa shape index (κ2) is 11.7. The van der Waals surface area contributed by atoms with Crippen LogP contribution in [-0.2, 0) is 0 Å². The van der Waals surface area contributed by atoms with Gasteiger partial charge >= 0.3 is 0 Å². The van der Waals surface area contributed by atoms with E-state index < -0.39 is 0 Å². The summed E-state index contributed by atoms with van der Waals surface area (Å²) in [6.45, 7) is 0. The fourth-order valence-electron chi connectivity index (χ4n) is 8.32. The first-order valence-electron chi connectivity index (χ1n) is 18.1. The van der Waals surface area contributed by atoms with Crippen LogP contribution in [0.25, 0.3) is 82.1 Å². The Kier molecular flexibility index (Phi) is 6.55. The number of benzene rings is 9. The van der Waals surface area contributed by atoms with Crippen LogP contribution in [0, 0.1) is 0 Å². The van der Waals surface area contributed by atoms with Crippen molar-refractivity contribution in [3.63, 3.8) is 0 Å². The van der Waals surface area contributed by atoms with Gasteiger partial charge in [0.15, 0.2) is 0 Å². The molecule has 3 nitrogen and oxygen atoms in total. The summed E-state index contributed by atoms with van der Waals surface area (Å²) in [7, 11) is 0. The van der Waals surface area contributed by atoms with Gasteiger partial charge in [0.2, 0.25) is 0 Å². The topological polar surface area (TPSA) is 21.3 Å². The molecule has 0 bridgehead atoms. The zero-order valence-corrected chi connectivity index (χ0v) is 28.8. The Morgan fingerprint density at radius 1 is 0.377 bits per heavy atom. The highest BCUT2D eigenvalue weighted by molar-refractivity contribution is 6.11. The van der Waals surface area contributed by atoms with Gasteiger partial charge in [0.05, 0.1) is 16.7 Å². The summed E-state index contributed by atoms with van der Waals surface area (Å²) in [5, 5.41) is 9.57. The van der Waals surface area contributed by atoms with Crippen LogP contribution in [0.4, 0.5) is 17.1 Å². The van der Waals surface area contributed by atoms with Crippen molar-refractivity contribution >= 4 is 82.4 Å². The van der Waals surface area contributed by atoms with Crippen LogP contribution >= 0.6 is 0 Å². The zero-order valence-electron chi connectivity index (χ0n) is 28.8. The lowest BCUT2D eigenvalue weighted by molar-refractivity contribution is 0.669. The maximum Gasteiger partial charge on any atom is 0.137 e. The molecule has 9 aromatic carbocycles. The SMILES string of the molecule is c1ccc2cc(N(c3ccc4c(c3)oc3ccccc34)c3ccc(-c4ccc(-n5c6ccccc6c6ccccc65)cc4)c4ccccc34)ccc2c1. The van der Waals surface area contributed by atoms with E-state index in [1.54, 1.807) is 0 Å². The Balaban J connectivity index is 1.07. The van der Waals surface area contributed by atoms with Crippen LogP contribution in [0.5, 0.6) is 0 Å². The quantitative estimate of drug-likeness (QED) is 0.181. The number of furan rings is 1. The van der Waals surface area contributed by atoms with Crippen molar-refractivity contribution in [2.75, 3.05) is 4.90 Å². The molecule has 0 aliphatic rings. The summed E-state index contributed by atoms with van der Waals surface area (Å²) < 4.78 is 8.78. The van der Waals surface area contributed by atoms with E-state index in [0.717, 1.165) is 44.7 Å². The number of para-hydroxylation sites is 3. The number of aromatic nitrogens is 1. The molecule has 3 heteroatoms. The van der Waals surface area contributed by atoms with Gasteiger partial charge in [-0.05, 0) is 87.9 Å². The maximum atomic E-state index is 6.40. The monoisotopic (exact) mass is 676 g/mol. The van der Waals surface area contributed by atoms with Crippen LogP contribution < -0.4 is 4.90 Å². The molecule has 0 fully saturated rings. The van der Waals surface area contributed by atoms with E-state index >= 15 is 0 Å². The average molecular weight is 677 g/mol. The smallest absolute Gasteiger partial charge is 0.137 e. The van der Waals surface area contributed by atoms with E-state index in [2.05, 4.69) is 191 Å². The molecule has 0 unspecified atom stereocenters. The van der Waals surface area contributed by atoms with Crippen molar-refractivity contribution in [1.29, 1.82) is 0 Å². The first-order valence-corrected chi connectivity index (χ1v) is 18.1. The van der Waals surface area contributed by atoms with Gasteiger partial charge in [-0.15, -0.1) is 0 Å². The van der Waals surface area contributed by atoms with E-state index in [1.807, 2.05) is 12.1 Å². The molecule has 0 aliphatic heterocycles. The van der Waals surface area contributed by atoms with Crippen LogP contribution in [0.3, 0.4) is 0 Å². The Labute approximate surface area is 306 Å². The van der Waals surface area contributed by atoms with Gasteiger partial charge in [0.1, 0.15) is 11.2 Å². The highest BCUT2D eigenvalue weighted by Gasteiger charge is 2.20. The molecule has 0 saturated heterocycles. The molecule has 0 N–H and O–H groups in total. The molecular formula is C50H32N2O. The van der Waals surface area contributed by atoms with Gasteiger partial charge in [-0.25, -0.2) is 0 Å². The summed E-state index contributed by atoms with van der Waals surface area (Å²) in [6.07, 6.45) is 0. The summed E-state index contributed by atoms with van der Waals surface area (Å²) >= 11 is 0. The van der Waals surface area contributed by atoms with Gasteiger partial charge in [-0.1, -0.05) is 127 Å². The van der Waals surface area contributed by atoms with Crippen LogP contribution in [0.2, 0.25) is 0 Å². The van der Waals surface area contributed by atoms with E-state index in [0.29, 0.717) is 0 Å². The van der Waals surface area contributed by atoms with Gasteiger partial charge in [-0.2, -0.15) is 0 Å². The zero-order chi connectivity index (χ0) is 34.9. The minimum Gasteiger partial charge on any atom is -0.456 e. The summed E-state index contributed by atoms with van der Waals surface area (Å²) in [5.74, 6) is 0. The van der Waals surface area contributed by atoms with Crippen molar-refractivity contribution < 1.29 is 4.42 Å². The van der Waals surface area contributed by atoms with Crippen LogP contribution in [0.1, 0.15) is 0 Å². The number of fused-ring (bicyclic) bond motifs is 8. The fourth-order valence-corrected chi connectivity index (χ4v) is 8.32. The number of hydrogen-bond donors (Lipinski definition) is 0. The van der Waals surface area contributed by atoms with Crippen molar-refractivity contribution in [2.24, 2.45) is 0 Å². The fraction of sp³-hybridized carbons (Fsp3) is 0. The van der Waals surface area contributed by atoms with Crippen molar-refractivity contribution in [3.8, 4) is 16.8 Å². The predicted octanol–water partition coefficient (Wildman–Crippen LogP) is 14.1. The molecule has 2 aromatic heterocycles. The standard InChI is InChI=1S/C50H32N2O/c1-2-12-35-31-37(26-21-33(35)11-1)51(38-27-28-45-44-17-7-10-20-49(44)53-50(45)32-38)48-30-29-39(40-13-3-4-14-41(40)48)34-22-24-36(25-23-34)52-46-18-8-5-15-42(46)43-16-6-9-19-47(43)52/h1-32H. The molecule has 53 heavy (non-hydrogen) atoms. The number of nitrogens with zero attached hydrogens (tertiary/aromatic N) is 2. The summed E-state index contributed by atoms with van der Waals surface area (Å²) in [4.78, 5) is 2.37. The van der Waals surface area contributed by atoms with Gasteiger partial charge < -0.3 is 13.9 Å². The van der Waals surface area contributed by atoms with E-state index in [-0.39, 0.29) is 0 Å². The van der Waals surface area contributed by atoms with Gasteiger partial charge in [-0.3, -0.25) is 0 Å². The Morgan fingerprint density at radius 3 is 1.74 bits per heavy atom. The molecule has 0 atom stereocenters. The normalized spacial score (nSPS) is 11.8. The van der Waals surface area contributed by atoms with Gasteiger partial charge in [0, 0.05) is 50.1 Å². The lowest BCUT2D eigenvalue weighted by Gasteiger charge is -2.28. The lowest BCUT2D eigenvalue weighted by Crippen LogP contribution is -2.10. The molecule has 0 amide bonds. The first kappa shape index (κ1) is 29.6. The molecule has 248 valence electrons. The van der Waals surface area contributed by atoms with Crippen molar-refractivity contribution in [1.82, 2.24) is 4.57 Å². The second-order valence-corrected chi connectivity index (χ2v) is 13.7. The number of anilines is 3. The second-order valence-electron chi connectivity index (χ2n) is 13.7. The molecule has 0 saturated carbocycles. The molecule has 0 aliphatic carbocycles. The van der Waals surface area contributed by atoms with Crippen molar-refractivity contribution in [3.05, 3.63) is 194 Å². The Morgan fingerprint density at radius 2 is 0.962 bits per heavy atom. The van der Waals surface area contributed by atoms with Crippen LogP contribution in [-0.4, -0.2) is 4.57 Å². The third-order valence-electron chi connectivity index (χ3n) is 10.8. The third kappa shape index (κ3) is 4.68. The minimum absolute atomic E-state index is 0.874. The summed E-state index contributed by atoms with van der Waals surface area (Å²) in [5.41, 5.74) is 11.0. The van der Waals surface area contributed by atoms with E-state index in [4.69, 9.17) is 4.42 Å². The van der Waals surface area contributed by atoms with E-state index in [9.17, 15) is 0 Å². The lowest BCUT2D eigenvalue weighted by atomic mass is 9.96. The van der Waals surface area contributed by atoms with E-state index in [1.165, 1.54) is 54.5 Å². The largest absolute Gasteiger partial charge is 0.456 e. The highest BCUT2D eigenvalue weighted by Crippen LogP contribution is 2.44. The number of rotatable bonds is 5. The molecule has 2 heterocycles. The molecule has 0 radical (unpaired) electrons. The maximum absolute atomic E-state index is 6.40. The predicted molar refractivity (Wildman–Crippen MR) is 223 cm³/mol. The minimum atomic E-state index is 0.874. The Bertz CT molecular complexity index is 3130. The summed E-state index contributed by atoms with van der Waals surface area (Å²) in [6, 6.07) is 69.8. The average Bonchev–Trinajstić information content (AvgIpc) is 3.77. The van der Waals surface area contributed by atoms with Crippen molar-refractivity contribution in [2.45, 2.75) is 0 Å². The number of hydrogen-bond acceptors (Lipinski definition) is 2. The first-order chi connectivity index (χ1) is 26.3. The molecule has 11 rings (SSSR count). The third-order valence-corrected chi connectivity index (χ3v) is 10.8.